The molecule has 0 spiro atoms. The van der Waals surface area contributed by atoms with Gasteiger partial charge >= 0.3 is 29.6 Å². The standard InChI is InChI=1S/C29H25Cl3O5.Na/c30-19-9-6-16(23(31)14-19)2-1-3-25(33)17-7-10-20(11-8-17)37-28-24(32)15-22-21(29(34)35)12-13-36-27(22)26(28)18-4-5-18;/h6-11,14-15,18,21H,1-5,12-13H2,(H,34,35);/q;+1/p-1. The Morgan fingerprint density at radius 3 is 2.37 bits per heavy atom. The minimum absolute atomic E-state index is 0. The van der Waals surface area contributed by atoms with Crippen molar-refractivity contribution in [1.29, 1.82) is 0 Å². The monoisotopic (exact) mass is 580 g/mol. The van der Waals surface area contributed by atoms with Crippen LogP contribution in [0.4, 0.5) is 0 Å². The fraction of sp³-hybridized carbons (Fsp3) is 0.310. The molecule has 5 nitrogen and oxygen atoms in total. The Kier molecular flexibility index (Phi) is 9.72. The second-order valence-electron chi connectivity index (χ2n) is 9.44. The van der Waals surface area contributed by atoms with Gasteiger partial charge in [-0.1, -0.05) is 40.9 Å². The summed E-state index contributed by atoms with van der Waals surface area (Å²) in [5.74, 6) is -0.0977. The molecule has 1 aliphatic heterocycles. The zero-order valence-electron chi connectivity index (χ0n) is 20.9. The van der Waals surface area contributed by atoms with Gasteiger partial charge in [0.1, 0.15) is 11.5 Å². The van der Waals surface area contributed by atoms with Crippen LogP contribution in [-0.2, 0) is 11.2 Å². The van der Waals surface area contributed by atoms with E-state index in [1.165, 1.54) is 0 Å². The fourth-order valence-electron chi connectivity index (χ4n) is 4.74. The molecule has 192 valence electrons. The molecule has 1 atom stereocenters. The summed E-state index contributed by atoms with van der Waals surface area (Å²) in [7, 11) is 0. The van der Waals surface area contributed by atoms with Crippen molar-refractivity contribution in [3.8, 4) is 17.2 Å². The van der Waals surface area contributed by atoms with Crippen LogP contribution < -0.4 is 44.1 Å². The van der Waals surface area contributed by atoms with Crippen molar-refractivity contribution in [2.75, 3.05) is 6.61 Å². The Hall–Kier alpha value is -1.73. The number of aliphatic carboxylic acids is 1. The SMILES string of the molecule is O=C(CCCc1ccc(Cl)cc1Cl)c1ccc(Oc2c(Cl)cc3c(c2C2CC2)OCCC3C(=O)[O-])cc1.[Na+]. The van der Waals surface area contributed by atoms with Crippen LogP contribution in [0, 0.1) is 0 Å². The van der Waals surface area contributed by atoms with Gasteiger partial charge in [-0.05, 0) is 86.1 Å². The van der Waals surface area contributed by atoms with Crippen molar-refractivity contribution in [3.05, 3.63) is 85.9 Å². The molecule has 0 saturated heterocycles. The van der Waals surface area contributed by atoms with Gasteiger partial charge in [-0.15, -0.1) is 0 Å². The van der Waals surface area contributed by atoms with Crippen LogP contribution in [-0.4, -0.2) is 18.4 Å². The molecular formula is C29H24Cl3NaO5. The van der Waals surface area contributed by atoms with Crippen LogP contribution in [0.5, 0.6) is 17.2 Å². The van der Waals surface area contributed by atoms with Gasteiger partial charge in [0, 0.05) is 45.0 Å². The van der Waals surface area contributed by atoms with Gasteiger partial charge in [-0.3, -0.25) is 4.79 Å². The van der Waals surface area contributed by atoms with Gasteiger partial charge in [0.25, 0.3) is 0 Å². The normalized spacial score (nSPS) is 16.1. The maximum Gasteiger partial charge on any atom is 1.00 e. The van der Waals surface area contributed by atoms with E-state index in [2.05, 4.69) is 0 Å². The van der Waals surface area contributed by atoms with E-state index in [4.69, 9.17) is 44.3 Å². The first kappa shape index (κ1) is 29.3. The molecule has 2 aliphatic rings. The number of rotatable bonds is 9. The van der Waals surface area contributed by atoms with Gasteiger partial charge in [0.2, 0.25) is 0 Å². The fourth-order valence-corrected chi connectivity index (χ4v) is 5.50. The summed E-state index contributed by atoms with van der Waals surface area (Å²) in [5.41, 5.74) is 2.92. The first-order valence-electron chi connectivity index (χ1n) is 12.3. The number of hydrogen-bond acceptors (Lipinski definition) is 5. The van der Waals surface area contributed by atoms with E-state index in [1.807, 2.05) is 6.07 Å². The number of benzene rings is 3. The first-order valence-corrected chi connectivity index (χ1v) is 13.4. The Balaban J connectivity index is 0.00000336. The molecule has 1 aliphatic carbocycles. The zero-order valence-corrected chi connectivity index (χ0v) is 25.2. The molecular weight excluding hydrogens is 558 g/mol. The van der Waals surface area contributed by atoms with Crippen LogP contribution >= 0.6 is 34.8 Å². The molecule has 0 aromatic heterocycles. The van der Waals surface area contributed by atoms with Crippen molar-refractivity contribution in [2.24, 2.45) is 0 Å². The van der Waals surface area contributed by atoms with E-state index in [0.29, 0.717) is 75.7 Å². The van der Waals surface area contributed by atoms with E-state index >= 15 is 0 Å². The van der Waals surface area contributed by atoms with Crippen LogP contribution in [0.3, 0.4) is 0 Å². The maximum atomic E-state index is 12.7. The number of carboxylic acids is 1. The van der Waals surface area contributed by atoms with Crippen molar-refractivity contribution in [3.63, 3.8) is 0 Å². The molecule has 0 radical (unpaired) electrons. The summed E-state index contributed by atoms with van der Waals surface area (Å²) >= 11 is 18.8. The number of fused-ring (bicyclic) bond motifs is 1. The third-order valence-corrected chi connectivity index (χ3v) is 7.68. The van der Waals surface area contributed by atoms with Gasteiger partial charge < -0.3 is 19.4 Å². The number of carbonyl (C=O) groups is 2. The van der Waals surface area contributed by atoms with E-state index in [1.54, 1.807) is 42.5 Å². The first-order chi connectivity index (χ1) is 17.8. The number of ketones is 1. The minimum Gasteiger partial charge on any atom is -0.549 e. The topological polar surface area (TPSA) is 75.7 Å². The molecule has 5 rings (SSSR count). The molecule has 0 N–H and O–H groups in total. The molecule has 1 heterocycles. The molecule has 1 unspecified atom stereocenters. The second kappa shape index (κ2) is 12.6. The van der Waals surface area contributed by atoms with Crippen molar-refractivity contribution < 1.29 is 53.7 Å². The molecule has 1 fully saturated rings. The minimum atomic E-state index is -1.13. The van der Waals surface area contributed by atoms with E-state index in [9.17, 15) is 14.7 Å². The Morgan fingerprint density at radius 1 is 0.974 bits per heavy atom. The summed E-state index contributed by atoms with van der Waals surface area (Å²) in [6.45, 7) is 0.299. The number of aryl methyl sites for hydroxylation is 1. The van der Waals surface area contributed by atoms with Crippen molar-refractivity contribution in [1.82, 2.24) is 0 Å². The summed E-state index contributed by atoms with van der Waals surface area (Å²) < 4.78 is 12.1. The smallest absolute Gasteiger partial charge is 0.549 e. The molecule has 1 saturated carbocycles. The second-order valence-corrected chi connectivity index (χ2v) is 10.7. The number of Topliss-reactive ketones (excluding diaryl/α,β-unsaturated/α-hetero) is 1. The number of ether oxygens (including phenoxy) is 2. The van der Waals surface area contributed by atoms with Crippen molar-refractivity contribution >= 4 is 46.6 Å². The molecule has 0 amide bonds. The molecule has 9 heteroatoms. The van der Waals surface area contributed by atoms with Crippen molar-refractivity contribution in [2.45, 2.75) is 50.4 Å². The van der Waals surface area contributed by atoms with Gasteiger partial charge in [-0.2, -0.15) is 0 Å². The maximum absolute atomic E-state index is 12.7. The van der Waals surface area contributed by atoms with Gasteiger partial charge in [0.15, 0.2) is 11.5 Å². The third-order valence-electron chi connectivity index (χ3n) is 6.81. The Labute approximate surface area is 258 Å². The molecule has 3 aromatic carbocycles. The average Bonchev–Trinajstić information content (AvgIpc) is 3.71. The van der Waals surface area contributed by atoms with Crippen LogP contribution in [0.25, 0.3) is 0 Å². The largest absolute Gasteiger partial charge is 1.00 e. The summed E-state index contributed by atoms with van der Waals surface area (Å²) in [6.07, 6.45) is 4.00. The van der Waals surface area contributed by atoms with Gasteiger partial charge in [0.05, 0.1) is 11.6 Å². The predicted molar refractivity (Wildman–Crippen MR) is 142 cm³/mol. The number of halogens is 3. The Morgan fingerprint density at radius 2 is 1.71 bits per heavy atom. The summed E-state index contributed by atoms with van der Waals surface area (Å²) in [6, 6.07) is 13.9. The number of carboxylic acid groups (broad SMARTS) is 1. The zero-order chi connectivity index (χ0) is 26.1. The molecule has 0 bridgehead atoms. The van der Waals surface area contributed by atoms with E-state index in [-0.39, 0.29) is 41.3 Å². The molecule has 38 heavy (non-hydrogen) atoms. The third kappa shape index (κ3) is 6.52. The number of hydrogen-bond donors (Lipinski definition) is 0. The van der Waals surface area contributed by atoms with E-state index in [0.717, 1.165) is 24.0 Å². The Bertz CT molecular complexity index is 1360. The average molecular weight is 582 g/mol. The van der Waals surface area contributed by atoms with Crippen LogP contribution in [0.2, 0.25) is 15.1 Å². The number of carbonyl (C=O) groups excluding carboxylic acids is 2. The summed E-state index contributed by atoms with van der Waals surface area (Å²) in [4.78, 5) is 24.4. The van der Waals surface area contributed by atoms with Crippen LogP contribution in [0.1, 0.15) is 71.0 Å². The van der Waals surface area contributed by atoms with E-state index < -0.39 is 11.9 Å². The quantitative estimate of drug-likeness (QED) is 0.281. The summed E-state index contributed by atoms with van der Waals surface area (Å²) in [5, 5.41) is 13.2. The van der Waals surface area contributed by atoms with Gasteiger partial charge in [-0.25, -0.2) is 0 Å². The molecule has 3 aromatic rings. The van der Waals surface area contributed by atoms with Crippen LogP contribution in [0.15, 0.2) is 48.5 Å². The predicted octanol–water partition coefficient (Wildman–Crippen LogP) is 4.14.